The van der Waals surface area contributed by atoms with Gasteiger partial charge in [-0.2, -0.15) is 0 Å². The molecule has 0 unspecified atom stereocenters. The summed E-state index contributed by atoms with van der Waals surface area (Å²) in [4.78, 5) is 57.5. The SMILES string of the molecule is C=C(NC(=O)C(=C)N1Cc2c(cccc2-c2ccc3c(c2)OCC(=O)N3C)C1=O)C(=O)N1CCN(C)CC1. The predicted octanol–water partition coefficient (Wildman–Crippen LogP) is 1.58. The molecule has 3 aliphatic rings. The van der Waals surface area contributed by atoms with E-state index in [1.54, 1.807) is 29.0 Å². The Kier molecular flexibility index (Phi) is 6.50. The fraction of sp³-hybridized carbons (Fsp3) is 0.286. The number of benzene rings is 2. The van der Waals surface area contributed by atoms with Gasteiger partial charge in [0.15, 0.2) is 6.61 Å². The highest BCUT2D eigenvalue weighted by atomic mass is 16.5. The Morgan fingerprint density at radius 2 is 1.68 bits per heavy atom. The number of nitrogens with zero attached hydrogens (tertiary/aromatic N) is 4. The van der Waals surface area contributed by atoms with Gasteiger partial charge in [0.1, 0.15) is 11.4 Å². The van der Waals surface area contributed by atoms with Crippen LogP contribution >= 0.6 is 0 Å². The predicted molar refractivity (Wildman–Crippen MR) is 141 cm³/mol. The van der Waals surface area contributed by atoms with E-state index in [2.05, 4.69) is 23.4 Å². The van der Waals surface area contributed by atoms with Crippen LogP contribution < -0.4 is 15.0 Å². The normalized spacial score (nSPS) is 17.1. The van der Waals surface area contributed by atoms with Gasteiger partial charge < -0.3 is 24.8 Å². The van der Waals surface area contributed by atoms with Crippen LogP contribution in [0.2, 0.25) is 0 Å². The molecular formula is C28H29N5O5. The van der Waals surface area contributed by atoms with E-state index in [0.29, 0.717) is 30.1 Å². The first-order valence-electron chi connectivity index (χ1n) is 12.3. The minimum Gasteiger partial charge on any atom is -0.482 e. The molecule has 3 heterocycles. The number of carbonyl (C=O) groups excluding carboxylic acids is 4. The molecule has 0 atom stereocenters. The summed E-state index contributed by atoms with van der Waals surface area (Å²) in [6.07, 6.45) is 0. The van der Waals surface area contributed by atoms with Gasteiger partial charge in [0.2, 0.25) is 0 Å². The molecule has 5 rings (SSSR count). The monoisotopic (exact) mass is 515 g/mol. The van der Waals surface area contributed by atoms with Crippen molar-refractivity contribution in [2.75, 3.05) is 51.8 Å². The van der Waals surface area contributed by atoms with Gasteiger partial charge in [-0.1, -0.05) is 31.4 Å². The van der Waals surface area contributed by atoms with Crippen LogP contribution in [-0.2, 0) is 20.9 Å². The van der Waals surface area contributed by atoms with Crippen LogP contribution in [0.1, 0.15) is 15.9 Å². The summed E-state index contributed by atoms with van der Waals surface area (Å²) in [5.74, 6) is -0.903. The smallest absolute Gasteiger partial charge is 0.271 e. The molecule has 0 saturated carbocycles. The number of carbonyl (C=O) groups is 4. The maximum atomic E-state index is 13.2. The van der Waals surface area contributed by atoms with Crippen LogP contribution in [0.25, 0.3) is 11.1 Å². The van der Waals surface area contributed by atoms with Crippen molar-refractivity contribution in [1.29, 1.82) is 0 Å². The van der Waals surface area contributed by atoms with Crippen molar-refractivity contribution in [2.45, 2.75) is 6.54 Å². The molecule has 0 spiro atoms. The number of likely N-dealkylation sites (N-methyl/N-ethyl adjacent to an activating group) is 2. The van der Waals surface area contributed by atoms with E-state index in [4.69, 9.17) is 4.74 Å². The van der Waals surface area contributed by atoms with Gasteiger partial charge >= 0.3 is 0 Å². The molecule has 0 aliphatic carbocycles. The summed E-state index contributed by atoms with van der Waals surface area (Å²) in [6.45, 7) is 10.3. The first kappa shape index (κ1) is 25.2. The standard InChI is InChI=1S/C28H29N5O5/c1-17(27(36)32-12-10-30(3)11-13-32)29-26(35)18(2)33-15-22-20(6-5-7-21(22)28(33)37)19-8-9-23-24(14-19)38-16-25(34)31(23)4/h5-9,14H,1-2,10-13,15-16H2,3-4H3,(H,29,35). The summed E-state index contributed by atoms with van der Waals surface area (Å²) in [5.41, 5.74) is 3.40. The third kappa shape index (κ3) is 4.43. The van der Waals surface area contributed by atoms with Crippen LogP contribution in [0.15, 0.2) is 61.0 Å². The molecule has 1 saturated heterocycles. The van der Waals surface area contributed by atoms with Crippen molar-refractivity contribution < 1.29 is 23.9 Å². The van der Waals surface area contributed by atoms with Gasteiger partial charge in [0.05, 0.1) is 17.9 Å². The third-order valence-electron chi connectivity index (χ3n) is 7.23. The zero-order valence-corrected chi connectivity index (χ0v) is 21.5. The second-order valence-corrected chi connectivity index (χ2v) is 9.62. The maximum absolute atomic E-state index is 13.2. The Hall–Kier alpha value is -4.44. The maximum Gasteiger partial charge on any atom is 0.271 e. The summed E-state index contributed by atoms with van der Waals surface area (Å²) >= 11 is 0. The number of amides is 4. The first-order chi connectivity index (χ1) is 18.2. The Morgan fingerprint density at radius 3 is 2.42 bits per heavy atom. The highest BCUT2D eigenvalue weighted by molar-refractivity contribution is 6.08. The van der Waals surface area contributed by atoms with E-state index in [0.717, 1.165) is 29.8 Å². The van der Waals surface area contributed by atoms with Gasteiger partial charge in [-0.3, -0.25) is 24.1 Å². The molecule has 3 aliphatic heterocycles. The molecule has 38 heavy (non-hydrogen) atoms. The fourth-order valence-electron chi connectivity index (χ4n) is 4.85. The highest BCUT2D eigenvalue weighted by Gasteiger charge is 2.34. The Bertz CT molecular complexity index is 1390. The molecule has 4 amide bonds. The van der Waals surface area contributed by atoms with E-state index in [9.17, 15) is 19.2 Å². The van der Waals surface area contributed by atoms with E-state index in [1.807, 2.05) is 31.3 Å². The van der Waals surface area contributed by atoms with Crippen molar-refractivity contribution in [3.05, 3.63) is 72.1 Å². The van der Waals surface area contributed by atoms with Crippen molar-refractivity contribution >= 4 is 29.3 Å². The topological polar surface area (TPSA) is 102 Å². The van der Waals surface area contributed by atoms with Crippen LogP contribution in [0.3, 0.4) is 0 Å². The van der Waals surface area contributed by atoms with E-state index >= 15 is 0 Å². The quantitative estimate of drug-likeness (QED) is 0.607. The first-order valence-corrected chi connectivity index (χ1v) is 12.3. The molecule has 1 N–H and O–H groups in total. The number of hydrogen-bond donors (Lipinski definition) is 1. The van der Waals surface area contributed by atoms with Crippen molar-refractivity contribution in [3.63, 3.8) is 0 Å². The van der Waals surface area contributed by atoms with Crippen molar-refractivity contribution in [3.8, 4) is 16.9 Å². The van der Waals surface area contributed by atoms with Crippen molar-refractivity contribution in [1.82, 2.24) is 20.0 Å². The average molecular weight is 516 g/mol. The Labute approximate surface area is 220 Å². The van der Waals surface area contributed by atoms with E-state index in [-0.39, 0.29) is 42.3 Å². The lowest BCUT2D eigenvalue weighted by Gasteiger charge is -2.32. The van der Waals surface area contributed by atoms with E-state index in [1.165, 1.54) is 4.90 Å². The zero-order valence-electron chi connectivity index (χ0n) is 21.5. The Balaban J connectivity index is 1.31. The third-order valence-corrected chi connectivity index (χ3v) is 7.23. The molecule has 2 aromatic carbocycles. The average Bonchev–Trinajstić information content (AvgIpc) is 3.26. The van der Waals surface area contributed by atoms with Gasteiger partial charge in [-0.25, -0.2) is 0 Å². The van der Waals surface area contributed by atoms with Crippen LogP contribution in [0.5, 0.6) is 5.75 Å². The molecule has 0 bridgehead atoms. The molecule has 0 aromatic heterocycles. The zero-order chi connectivity index (χ0) is 27.1. The molecular weight excluding hydrogens is 486 g/mol. The fourth-order valence-corrected chi connectivity index (χ4v) is 4.85. The number of ether oxygens (including phenoxy) is 1. The number of rotatable bonds is 5. The number of fused-ring (bicyclic) bond motifs is 2. The second-order valence-electron chi connectivity index (χ2n) is 9.62. The largest absolute Gasteiger partial charge is 0.482 e. The van der Waals surface area contributed by atoms with Gasteiger partial charge in [0.25, 0.3) is 23.6 Å². The molecule has 196 valence electrons. The Morgan fingerprint density at radius 1 is 0.974 bits per heavy atom. The number of piperazine rings is 1. The molecule has 10 heteroatoms. The highest BCUT2D eigenvalue weighted by Crippen LogP contribution is 2.39. The minimum atomic E-state index is -0.657. The number of anilines is 1. The number of nitrogens with one attached hydrogen (secondary N) is 1. The van der Waals surface area contributed by atoms with Gasteiger partial charge in [0, 0.05) is 38.8 Å². The molecule has 0 radical (unpaired) electrons. The lowest BCUT2D eigenvalue weighted by atomic mass is 9.96. The van der Waals surface area contributed by atoms with Gasteiger partial charge in [-0.05, 0) is 41.9 Å². The lowest BCUT2D eigenvalue weighted by molar-refractivity contribution is -0.130. The summed E-state index contributed by atoms with van der Waals surface area (Å²) in [6, 6.07) is 10.9. The van der Waals surface area contributed by atoms with Crippen LogP contribution in [0, 0.1) is 0 Å². The lowest BCUT2D eigenvalue weighted by Crippen LogP contribution is -2.49. The summed E-state index contributed by atoms with van der Waals surface area (Å²) in [7, 11) is 3.68. The van der Waals surface area contributed by atoms with Crippen LogP contribution in [0.4, 0.5) is 5.69 Å². The summed E-state index contributed by atoms with van der Waals surface area (Å²) in [5, 5.41) is 2.52. The number of hydrogen-bond acceptors (Lipinski definition) is 6. The molecule has 2 aromatic rings. The summed E-state index contributed by atoms with van der Waals surface area (Å²) < 4.78 is 5.63. The molecule has 1 fully saturated rings. The minimum absolute atomic E-state index is 0.0380. The van der Waals surface area contributed by atoms with Crippen molar-refractivity contribution in [2.24, 2.45) is 0 Å². The van der Waals surface area contributed by atoms with Crippen LogP contribution in [-0.4, -0.2) is 85.2 Å². The van der Waals surface area contributed by atoms with E-state index < -0.39 is 5.91 Å². The second kappa shape index (κ2) is 9.79. The van der Waals surface area contributed by atoms with Gasteiger partial charge in [-0.15, -0.1) is 0 Å². The molecule has 10 nitrogen and oxygen atoms in total.